The van der Waals surface area contributed by atoms with Gasteiger partial charge in [0.05, 0.1) is 18.4 Å². The second-order valence-corrected chi connectivity index (χ2v) is 7.46. The van der Waals surface area contributed by atoms with Gasteiger partial charge in [-0.15, -0.1) is 0 Å². The summed E-state index contributed by atoms with van der Waals surface area (Å²) in [7, 11) is 1.23. The van der Waals surface area contributed by atoms with E-state index in [1.165, 1.54) is 19.2 Å². The zero-order valence-corrected chi connectivity index (χ0v) is 17.3. The molecule has 0 bridgehead atoms. The summed E-state index contributed by atoms with van der Waals surface area (Å²) < 4.78 is 5.45. The number of carbonyl (C=O) groups is 4. The minimum atomic E-state index is -1.29. The average Bonchev–Trinajstić information content (AvgIpc) is 2.92. The lowest BCUT2D eigenvalue weighted by Gasteiger charge is -2.22. The number of anilines is 1. The Labute approximate surface area is 175 Å². The van der Waals surface area contributed by atoms with Gasteiger partial charge < -0.3 is 15.4 Å². The fraction of sp³-hybridized carbons (Fsp3) is 0.200. The molecule has 2 aromatic rings. The van der Waals surface area contributed by atoms with Crippen LogP contribution in [0.2, 0.25) is 0 Å². The van der Waals surface area contributed by atoms with Gasteiger partial charge in [0, 0.05) is 4.47 Å². The van der Waals surface area contributed by atoms with E-state index in [4.69, 9.17) is 0 Å². The molecule has 1 heterocycles. The second-order valence-electron chi connectivity index (χ2n) is 6.54. The number of imide groups is 1. The highest BCUT2D eigenvalue weighted by molar-refractivity contribution is 9.10. The van der Waals surface area contributed by atoms with Gasteiger partial charge in [0.25, 0.3) is 5.91 Å². The molecule has 150 valence electrons. The van der Waals surface area contributed by atoms with Crippen molar-refractivity contribution >= 4 is 45.4 Å². The van der Waals surface area contributed by atoms with Crippen LogP contribution < -0.4 is 10.6 Å². The third-order valence-corrected chi connectivity index (χ3v) is 5.08. The van der Waals surface area contributed by atoms with Crippen molar-refractivity contribution < 1.29 is 23.9 Å². The van der Waals surface area contributed by atoms with Crippen molar-refractivity contribution in [3.63, 3.8) is 0 Å². The summed E-state index contributed by atoms with van der Waals surface area (Å²) in [5.74, 6) is -1.78. The van der Waals surface area contributed by atoms with E-state index in [9.17, 15) is 19.2 Å². The monoisotopic (exact) mass is 459 g/mol. The van der Waals surface area contributed by atoms with Gasteiger partial charge in [-0.05, 0) is 36.8 Å². The zero-order valence-electron chi connectivity index (χ0n) is 15.7. The van der Waals surface area contributed by atoms with Crippen LogP contribution in [0.5, 0.6) is 0 Å². The number of amides is 4. The smallest absolute Gasteiger partial charge is 0.339 e. The Kier molecular flexibility index (Phi) is 5.69. The van der Waals surface area contributed by atoms with Crippen LogP contribution in [0.3, 0.4) is 0 Å². The number of carbonyl (C=O) groups excluding carboxylic acids is 4. The van der Waals surface area contributed by atoms with E-state index in [1.54, 1.807) is 43.3 Å². The summed E-state index contributed by atoms with van der Waals surface area (Å²) in [6.45, 7) is 1.09. The number of urea groups is 1. The maximum absolute atomic E-state index is 12.9. The number of halogens is 1. The summed E-state index contributed by atoms with van der Waals surface area (Å²) in [4.78, 5) is 50.5. The number of hydrogen-bond acceptors (Lipinski definition) is 5. The van der Waals surface area contributed by atoms with Crippen molar-refractivity contribution in [3.05, 3.63) is 64.1 Å². The highest BCUT2D eigenvalue weighted by Gasteiger charge is 2.49. The lowest BCUT2D eigenvalue weighted by Crippen LogP contribution is -2.42. The molecular formula is C20H18BrN3O5. The van der Waals surface area contributed by atoms with Gasteiger partial charge >= 0.3 is 12.0 Å². The summed E-state index contributed by atoms with van der Waals surface area (Å²) in [5, 5.41) is 5.19. The lowest BCUT2D eigenvalue weighted by molar-refractivity contribution is -0.133. The number of methoxy groups -OCH3 is 1. The van der Waals surface area contributed by atoms with Crippen LogP contribution in [-0.2, 0) is 19.9 Å². The normalized spacial score (nSPS) is 18.4. The number of para-hydroxylation sites is 1. The third-order valence-electron chi connectivity index (χ3n) is 4.59. The number of nitrogens with one attached hydrogen (secondary N) is 2. The minimum Gasteiger partial charge on any atom is -0.465 e. The van der Waals surface area contributed by atoms with Crippen molar-refractivity contribution in [1.82, 2.24) is 10.2 Å². The number of rotatable bonds is 5. The van der Waals surface area contributed by atoms with Gasteiger partial charge in [0.2, 0.25) is 5.91 Å². The molecule has 0 aromatic heterocycles. The molecule has 1 unspecified atom stereocenters. The van der Waals surface area contributed by atoms with E-state index in [1.807, 2.05) is 0 Å². The van der Waals surface area contributed by atoms with Crippen LogP contribution in [0.1, 0.15) is 22.8 Å². The standard InChI is InChI=1S/C20H18BrN3O5/c1-20(12-6-5-7-13(21)10-12)18(27)24(19(28)23-20)11-16(25)22-15-9-4-3-8-14(15)17(26)29-2/h3-10H,11H2,1-2H3,(H,22,25)(H,23,28). The molecule has 1 aliphatic heterocycles. The number of esters is 1. The molecule has 0 aliphatic carbocycles. The number of hydrogen-bond donors (Lipinski definition) is 2. The third kappa shape index (κ3) is 4.00. The Hall–Kier alpha value is -3.20. The first-order valence-electron chi connectivity index (χ1n) is 8.63. The van der Waals surface area contributed by atoms with Crippen LogP contribution in [0.15, 0.2) is 53.0 Å². The molecule has 9 heteroatoms. The largest absolute Gasteiger partial charge is 0.465 e. The summed E-state index contributed by atoms with van der Waals surface area (Å²) in [5.41, 5.74) is -0.305. The quantitative estimate of drug-likeness (QED) is 0.528. The van der Waals surface area contributed by atoms with Crippen LogP contribution in [0.4, 0.5) is 10.5 Å². The first-order valence-corrected chi connectivity index (χ1v) is 9.43. The Morgan fingerprint density at radius 2 is 1.90 bits per heavy atom. The average molecular weight is 460 g/mol. The Balaban J connectivity index is 1.77. The lowest BCUT2D eigenvalue weighted by atomic mass is 9.92. The highest BCUT2D eigenvalue weighted by Crippen LogP contribution is 2.30. The molecule has 3 rings (SSSR count). The minimum absolute atomic E-state index is 0.166. The van der Waals surface area contributed by atoms with E-state index in [2.05, 4.69) is 31.3 Å². The van der Waals surface area contributed by atoms with E-state index in [0.717, 1.165) is 9.37 Å². The molecule has 1 fully saturated rings. The van der Waals surface area contributed by atoms with Crippen LogP contribution >= 0.6 is 15.9 Å². The van der Waals surface area contributed by atoms with Crippen molar-refractivity contribution in [2.45, 2.75) is 12.5 Å². The topological polar surface area (TPSA) is 105 Å². The predicted molar refractivity (Wildman–Crippen MR) is 108 cm³/mol. The number of benzene rings is 2. The molecule has 1 aliphatic rings. The van der Waals surface area contributed by atoms with Gasteiger partial charge in [-0.2, -0.15) is 0 Å². The van der Waals surface area contributed by atoms with E-state index < -0.39 is 35.9 Å². The fourth-order valence-electron chi connectivity index (χ4n) is 3.05. The molecule has 0 radical (unpaired) electrons. The highest BCUT2D eigenvalue weighted by atomic mass is 79.9. The van der Waals surface area contributed by atoms with Crippen molar-refractivity contribution in [1.29, 1.82) is 0 Å². The van der Waals surface area contributed by atoms with Crippen LogP contribution in [-0.4, -0.2) is 42.4 Å². The van der Waals surface area contributed by atoms with Gasteiger partial charge in [-0.1, -0.05) is 40.2 Å². The van der Waals surface area contributed by atoms with Crippen molar-refractivity contribution in [2.75, 3.05) is 19.0 Å². The molecule has 8 nitrogen and oxygen atoms in total. The van der Waals surface area contributed by atoms with Gasteiger partial charge in [0.15, 0.2) is 0 Å². The molecule has 0 saturated carbocycles. The van der Waals surface area contributed by atoms with Crippen molar-refractivity contribution in [2.24, 2.45) is 0 Å². The maximum Gasteiger partial charge on any atom is 0.339 e. The predicted octanol–water partition coefficient (Wildman–Crippen LogP) is 2.64. The molecule has 1 atom stereocenters. The summed E-state index contributed by atoms with van der Waals surface area (Å²) in [6.07, 6.45) is 0. The summed E-state index contributed by atoms with van der Waals surface area (Å²) in [6, 6.07) is 12.6. The van der Waals surface area contributed by atoms with Crippen molar-refractivity contribution in [3.8, 4) is 0 Å². The number of ether oxygens (including phenoxy) is 1. The van der Waals surface area contributed by atoms with E-state index >= 15 is 0 Å². The molecular weight excluding hydrogens is 442 g/mol. The maximum atomic E-state index is 12.9. The van der Waals surface area contributed by atoms with Crippen LogP contribution in [0.25, 0.3) is 0 Å². The Morgan fingerprint density at radius 1 is 1.17 bits per heavy atom. The van der Waals surface area contributed by atoms with Crippen LogP contribution in [0, 0.1) is 0 Å². The molecule has 2 aromatic carbocycles. The van der Waals surface area contributed by atoms with E-state index in [-0.39, 0.29) is 11.3 Å². The molecule has 1 saturated heterocycles. The molecule has 2 N–H and O–H groups in total. The van der Waals surface area contributed by atoms with Gasteiger partial charge in [-0.25, -0.2) is 9.59 Å². The first-order chi connectivity index (χ1) is 13.8. The van der Waals surface area contributed by atoms with Gasteiger partial charge in [-0.3, -0.25) is 14.5 Å². The molecule has 29 heavy (non-hydrogen) atoms. The van der Waals surface area contributed by atoms with Gasteiger partial charge in [0.1, 0.15) is 12.1 Å². The molecule has 4 amide bonds. The zero-order chi connectivity index (χ0) is 21.2. The summed E-state index contributed by atoms with van der Waals surface area (Å²) >= 11 is 3.35. The van der Waals surface area contributed by atoms with E-state index in [0.29, 0.717) is 5.56 Å². The Morgan fingerprint density at radius 3 is 2.59 bits per heavy atom. The SMILES string of the molecule is COC(=O)c1ccccc1NC(=O)CN1C(=O)NC(C)(c2cccc(Br)c2)C1=O. The Bertz CT molecular complexity index is 1010. The molecule has 0 spiro atoms. The first kappa shape index (κ1) is 20.5. The number of nitrogens with zero attached hydrogens (tertiary/aromatic N) is 1. The fourth-order valence-corrected chi connectivity index (χ4v) is 3.45. The second kappa shape index (κ2) is 8.04.